The van der Waals surface area contributed by atoms with Crippen molar-refractivity contribution in [3.63, 3.8) is 0 Å². The van der Waals surface area contributed by atoms with Gasteiger partial charge in [0.25, 0.3) is 6.20 Å². The van der Waals surface area contributed by atoms with E-state index in [1.807, 2.05) is 77.3 Å². The van der Waals surface area contributed by atoms with Crippen LogP contribution in [0.15, 0.2) is 146 Å². The molecule has 248 valence electrons. The molecule has 1 aliphatic heterocycles. The van der Waals surface area contributed by atoms with Crippen LogP contribution in [0.2, 0.25) is 0 Å². The van der Waals surface area contributed by atoms with Crippen molar-refractivity contribution in [1.29, 1.82) is 0 Å². The summed E-state index contributed by atoms with van der Waals surface area (Å²) in [7, 11) is 1.95. The van der Waals surface area contributed by atoms with Crippen LogP contribution < -0.4 is 4.74 Å². The van der Waals surface area contributed by atoms with Gasteiger partial charge in [0.05, 0.1) is 22.7 Å². The summed E-state index contributed by atoms with van der Waals surface area (Å²) >= 11 is 0. The molecule has 0 radical (unpaired) electrons. The third-order valence-electron chi connectivity index (χ3n) is 9.18. The summed E-state index contributed by atoms with van der Waals surface area (Å²) in [6, 6.07) is 46.3. The molecule has 52 heavy (non-hydrogen) atoms. The second-order valence-electron chi connectivity index (χ2n) is 12.9. The Morgan fingerprint density at radius 3 is 1.98 bits per heavy atom. The summed E-state index contributed by atoms with van der Waals surface area (Å²) in [5.41, 5.74) is 7.78. The van der Waals surface area contributed by atoms with Crippen LogP contribution in [0.1, 0.15) is 11.1 Å². The van der Waals surface area contributed by atoms with Gasteiger partial charge >= 0.3 is 6.01 Å². The van der Waals surface area contributed by atoms with Gasteiger partial charge < -0.3 is 4.74 Å². The van der Waals surface area contributed by atoms with E-state index in [-0.39, 0.29) is 0 Å². The zero-order valence-corrected chi connectivity index (χ0v) is 28.9. The van der Waals surface area contributed by atoms with Gasteiger partial charge in [-0.05, 0) is 44.2 Å². The fourth-order valence-electron chi connectivity index (χ4n) is 6.52. The summed E-state index contributed by atoms with van der Waals surface area (Å²) < 4.78 is 12.9. The van der Waals surface area contributed by atoms with Crippen molar-refractivity contribution >= 4 is 33.5 Å². The smallest absolute Gasteiger partial charge is 0.456 e. The molecule has 0 amide bonds. The van der Waals surface area contributed by atoms with Gasteiger partial charge in [0.1, 0.15) is 17.3 Å². The van der Waals surface area contributed by atoms with E-state index in [9.17, 15) is 0 Å². The van der Waals surface area contributed by atoms with Crippen molar-refractivity contribution in [1.82, 2.24) is 24.5 Å². The Labute approximate surface area is 300 Å². The first-order valence-electron chi connectivity index (χ1n) is 17.1. The fourth-order valence-corrected chi connectivity index (χ4v) is 6.52. The zero-order valence-electron chi connectivity index (χ0n) is 28.9. The average Bonchev–Trinajstić information content (AvgIpc) is 3.76. The molecule has 8 nitrogen and oxygen atoms in total. The summed E-state index contributed by atoms with van der Waals surface area (Å²) in [6.45, 7) is 4.15. The third kappa shape index (κ3) is 5.73. The van der Waals surface area contributed by atoms with Crippen LogP contribution in [-0.2, 0) is 0 Å². The summed E-state index contributed by atoms with van der Waals surface area (Å²) in [5, 5.41) is 2.11. The van der Waals surface area contributed by atoms with Gasteiger partial charge in [0, 0.05) is 40.2 Å². The minimum Gasteiger partial charge on any atom is -0.456 e. The molecule has 0 atom stereocenters. The molecule has 0 saturated heterocycles. The first-order valence-corrected chi connectivity index (χ1v) is 17.1. The Morgan fingerprint density at radius 2 is 1.31 bits per heavy atom. The number of hydrogen-bond donors (Lipinski definition) is 0. The molecular weight excluding hydrogens is 643 g/mol. The Balaban J connectivity index is 1.31. The lowest BCUT2D eigenvalue weighted by atomic mass is 10.1. The minimum atomic E-state index is 0.509. The number of hydrogen-bond acceptors (Lipinski definition) is 5. The lowest BCUT2D eigenvalue weighted by Gasteiger charge is -2.14. The molecule has 0 saturated carbocycles. The lowest BCUT2D eigenvalue weighted by molar-refractivity contribution is -0.429. The highest BCUT2D eigenvalue weighted by Gasteiger charge is 2.23. The quantitative estimate of drug-likeness (QED) is 0.157. The number of ether oxygens (including phenoxy) is 1. The molecule has 0 spiro atoms. The average molecular weight is 676 g/mol. The number of benzene rings is 5. The molecule has 3 aromatic heterocycles. The SMILES string of the molecule is Cc1ccc(-c2nc(-c3ccc(C)cc3)nc(-c3cc4c5ccccc5n(-c5ccccn5)c4cc3Oc3cccc([N+]4=C=[N+](C)C=C4)c3)n2)cc1. The maximum atomic E-state index is 6.88. The van der Waals surface area contributed by atoms with E-state index < -0.39 is 0 Å². The predicted octanol–water partition coefficient (Wildman–Crippen LogP) is 9.72. The summed E-state index contributed by atoms with van der Waals surface area (Å²) in [5.74, 6) is 3.75. The van der Waals surface area contributed by atoms with E-state index in [0.29, 0.717) is 29.0 Å². The molecule has 8 aromatic rings. The molecule has 0 fully saturated rings. The van der Waals surface area contributed by atoms with Gasteiger partial charge in [-0.1, -0.05) is 99.1 Å². The topological polar surface area (TPSA) is 71.7 Å². The molecule has 9 rings (SSSR count). The van der Waals surface area contributed by atoms with Gasteiger partial charge in [-0.2, -0.15) is 0 Å². The van der Waals surface area contributed by atoms with Gasteiger partial charge in [0.15, 0.2) is 24.5 Å². The predicted molar refractivity (Wildman–Crippen MR) is 205 cm³/mol. The molecule has 8 heteroatoms. The van der Waals surface area contributed by atoms with Crippen LogP contribution in [0.5, 0.6) is 11.5 Å². The van der Waals surface area contributed by atoms with Gasteiger partial charge in [-0.3, -0.25) is 4.57 Å². The van der Waals surface area contributed by atoms with Crippen molar-refractivity contribution < 1.29 is 13.9 Å². The molecular formula is C44H33N7O+2. The standard InChI is InChI=1S/C44H33N7O/c1-29-14-18-31(19-15-29)42-46-43(32-20-16-30(2)17-21-32)48-44(47-42)37-26-36-35-11-4-5-12-38(35)51(41-13-6-7-22-45-41)39(36)27-40(37)52-34-10-8-9-33(25-34)50-24-23-49(3)28-50/h4-27H,1-3H3/q+2. The Bertz CT molecular complexity index is 2690. The number of aryl methyl sites for hydroxylation is 2. The second-order valence-corrected chi connectivity index (χ2v) is 12.9. The van der Waals surface area contributed by atoms with Crippen molar-refractivity contribution in [2.75, 3.05) is 7.05 Å². The van der Waals surface area contributed by atoms with E-state index in [2.05, 4.69) is 109 Å². The van der Waals surface area contributed by atoms with Crippen LogP contribution >= 0.6 is 0 Å². The van der Waals surface area contributed by atoms with E-state index >= 15 is 0 Å². The normalized spacial score (nSPS) is 12.4. The number of rotatable bonds is 7. The molecule has 0 aliphatic carbocycles. The number of aromatic nitrogens is 5. The Hall–Kier alpha value is -7.02. The molecule has 1 aliphatic rings. The number of nitrogens with zero attached hydrogens (tertiary/aromatic N) is 7. The Morgan fingerprint density at radius 1 is 0.615 bits per heavy atom. The molecule has 5 aromatic carbocycles. The van der Waals surface area contributed by atoms with Gasteiger partial charge in [-0.25, -0.2) is 19.9 Å². The Kier molecular flexibility index (Phi) is 7.57. The van der Waals surface area contributed by atoms with E-state index in [1.54, 1.807) is 0 Å². The number of fused-ring (bicyclic) bond motifs is 3. The third-order valence-corrected chi connectivity index (χ3v) is 9.18. The summed E-state index contributed by atoms with van der Waals surface area (Å²) in [4.78, 5) is 20.0. The van der Waals surface area contributed by atoms with Crippen LogP contribution in [0.25, 0.3) is 61.8 Å². The highest BCUT2D eigenvalue weighted by Crippen LogP contribution is 2.41. The van der Waals surface area contributed by atoms with Crippen LogP contribution in [0, 0.1) is 13.8 Å². The van der Waals surface area contributed by atoms with Crippen molar-refractivity contribution in [3.05, 3.63) is 157 Å². The zero-order chi connectivity index (χ0) is 35.2. The largest absolute Gasteiger partial charge is 0.495 e. The van der Waals surface area contributed by atoms with E-state index in [0.717, 1.165) is 61.1 Å². The van der Waals surface area contributed by atoms with Crippen molar-refractivity contribution in [3.8, 4) is 51.5 Å². The van der Waals surface area contributed by atoms with Crippen LogP contribution in [0.4, 0.5) is 5.69 Å². The highest BCUT2D eigenvalue weighted by molar-refractivity contribution is 6.11. The maximum Gasteiger partial charge on any atom is 0.495 e. The second kappa shape index (κ2) is 12.7. The first kappa shape index (κ1) is 31.0. The molecule has 0 bridgehead atoms. The maximum absolute atomic E-state index is 6.88. The fraction of sp³-hybridized carbons (Fsp3) is 0.0682. The van der Waals surface area contributed by atoms with Crippen molar-refractivity contribution in [2.45, 2.75) is 13.8 Å². The molecule has 0 unspecified atom stereocenters. The van der Waals surface area contributed by atoms with Crippen LogP contribution in [-0.4, -0.2) is 46.7 Å². The number of pyridine rings is 1. The van der Waals surface area contributed by atoms with Crippen molar-refractivity contribution in [2.24, 2.45) is 0 Å². The minimum absolute atomic E-state index is 0.509. The van der Waals surface area contributed by atoms with Gasteiger partial charge in [0.2, 0.25) is 11.9 Å². The molecule has 4 heterocycles. The summed E-state index contributed by atoms with van der Waals surface area (Å²) in [6.07, 6.45) is 5.73. The first-order chi connectivity index (χ1) is 25.5. The van der Waals surface area contributed by atoms with E-state index in [4.69, 9.17) is 24.7 Å². The monoisotopic (exact) mass is 675 g/mol. The van der Waals surface area contributed by atoms with Crippen LogP contribution in [0.3, 0.4) is 0 Å². The van der Waals surface area contributed by atoms with Gasteiger partial charge in [-0.15, -0.1) is 0 Å². The number of para-hydroxylation sites is 1. The highest BCUT2D eigenvalue weighted by atomic mass is 16.5. The molecule has 0 N–H and O–H groups in total. The lowest BCUT2D eigenvalue weighted by Crippen LogP contribution is -2.02. The van der Waals surface area contributed by atoms with E-state index in [1.165, 1.54) is 0 Å².